The number of carboxylic acids is 1. The molecule has 1 aromatic rings. The van der Waals surface area contributed by atoms with Crippen molar-refractivity contribution in [3.63, 3.8) is 0 Å². The molecule has 0 radical (unpaired) electrons. The summed E-state index contributed by atoms with van der Waals surface area (Å²) in [4.78, 5) is 10.4. The molecule has 0 aromatic heterocycles. The van der Waals surface area contributed by atoms with E-state index in [0.717, 1.165) is 10.0 Å². The third-order valence-corrected chi connectivity index (χ3v) is 2.60. The number of aliphatic hydroxyl groups excluding tert-OH is 1. The van der Waals surface area contributed by atoms with Crippen LogP contribution >= 0.6 is 15.9 Å². The summed E-state index contributed by atoms with van der Waals surface area (Å²) in [5, 5.41) is 17.7. The Morgan fingerprint density at radius 3 is 2.62 bits per heavy atom. The van der Waals surface area contributed by atoms with Crippen LogP contribution in [-0.4, -0.2) is 16.2 Å². The van der Waals surface area contributed by atoms with E-state index in [1.807, 2.05) is 6.92 Å². The first kappa shape index (κ1) is 10.2. The zero-order valence-corrected chi connectivity index (χ0v) is 8.58. The van der Waals surface area contributed by atoms with E-state index in [2.05, 4.69) is 15.9 Å². The summed E-state index contributed by atoms with van der Waals surface area (Å²) in [5.74, 6) is -1.24. The van der Waals surface area contributed by atoms with Crippen molar-refractivity contribution in [3.05, 3.63) is 33.8 Å². The minimum Gasteiger partial charge on any atom is -0.479 e. The molecule has 1 aromatic carbocycles. The molecule has 1 rings (SSSR count). The summed E-state index contributed by atoms with van der Waals surface area (Å²) >= 11 is 3.26. The van der Waals surface area contributed by atoms with Crippen LogP contribution in [0.25, 0.3) is 0 Å². The Balaban J connectivity index is 3.03. The third kappa shape index (κ3) is 2.29. The fourth-order valence-electron chi connectivity index (χ4n) is 0.922. The van der Waals surface area contributed by atoms with E-state index in [9.17, 15) is 9.90 Å². The van der Waals surface area contributed by atoms with Gasteiger partial charge in [0.2, 0.25) is 0 Å². The van der Waals surface area contributed by atoms with Crippen molar-refractivity contribution in [2.45, 2.75) is 13.0 Å². The van der Waals surface area contributed by atoms with Gasteiger partial charge in [0.25, 0.3) is 0 Å². The molecule has 0 saturated heterocycles. The highest BCUT2D eigenvalue weighted by Crippen LogP contribution is 2.21. The number of hydrogen-bond acceptors (Lipinski definition) is 2. The van der Waals surface area contributed by atoms with Crippen molar-refractivity contribution in [1.29, 1.82) is 0 Å². The van der Waals surface area contributed by atoms with Crippen LogP contribution in [0.2, 0.25) is 0 Å². The number of aliphatic carboxylic acids is 1. The number of benzene rings is 1. The molecule has 1 unspecified atom stereocenters. The minimum absolute atomic E-state index is 0.380. The Labute approximate surface area is 84.1 Å². The summed E-state index contributed by atoms with van der Waals surface area (Å²) in [7, 11) is 0. The first-order valence-electron chi connectivity index (χ1n) is 3.69. The third-order valence-electron chi connectivity index (χ3n) is 1.75. The van der Waals surface area contributed by atoms with Crippen molar-refractivity contribution in [3.8, 4) is 0 Å². The maximum absolute atomic E-state index is 10.4. The van der Waals surface area contributed by atoms with E-state index >= 15 is 0 Å². The monoisotopic (exact) mass is 244 g/mol. The van der Waals surface area contributed by atoms with Crippen molar-refractivity contribution in [2.24, 2.45) is 0 Å². The smallest absolute Gasteiger partial charge is 0.337 e. The average Bonchev–Trinajstić information content (AvgIpc) is 2.08. The number of hydrogen-bond donors (Lipinski definition) is 2. The molecule has 0 fully saturated rings. The summed E-state index contributed by atoms with van der Waals surface area (Å²) in [6, 6.07) is 4.96. The van der Waals surface area contributed by atoms with Crippen LogP contribution in [0.5, 0.6) is 0 Å². The first-order chi connectivity index (χ1) is 6.02. The van der Waals surface area contributed by atoms with Crippen LogP contribution in [0, 0.1) is 6.92 Å². The largest absolute Gasteiger partial charge is 0.479 e. The second-order valence-corrected chi connectivity index (χ2v) is 3.60. The summed E-state index contributed by atoms with van der Waals surface area (Å²) in [5.41, 5.74) is 1.38. The van der Waals surface area contributed by atoms with Gasteiger partial charge in [0.15, 0.2) is 6.10 Å². The maximum atomic E-state index is 10.4. The molecular weight excluding hydrogens is 236 g/mol. The van der Waals surface area contributed by atoms with Crippen LogP contribution in [0.1, 0.15) is 17.2 Å². The molecule has 1 atom stereocenters. The van der Waals surface area contributed by atoms with Crippen molar-refractivity contribution < 1.29 is 15.0 Å². The Hall–Kier alpha value is -0.870. The van der Waals surface area contributed by atoms with E-state index in [1.54, 1.807) is 18.2 Å². The summed E-state index contributed by atoms with van der Waals surface area (Å²) in [6.45, 7) is 1.89. The first-order valence-corrected chi connectivity index (χ1v) is 4.48. The lowest BCUT2D eigenvalue weighted by atomic mass is 10.1. The maximum Gasteiger partial charge on any atom is 0.337 e. The van der Waals surface area contributed by atoms with Gasteiger partial charge >= 0.3 is 5.97 Å². The second-order valence-electron chi connectivity index (χ2n) is 2.75. The van der Waals surface area contributed by atoms with Gasteiger partial charge in [-0.05, 0) is 24.1 Å². The number of halogens is 1. The van der Waals surface area contributed by atoms with Gasteiger partial charge in [-0.3, -0.25) is 0 Å². The van der Waals surface area contributed by atoms with E-state index < -0.39 is 12.1 Å². The normalized spacial score (nSPS) is 12.5. The Morgan fingerprint density at radius 2 is 2.15 bits per heavy atom. The van der Waals surface area contributed by atoms with Gasteiger partial charge in [-0.2, -0.15) is 0 Å². The fraction of sp³-hybridized carbons (Fsp3) is 0.222. The van der Waals surface area contributed by atoms with Gasteiger partial charge in [-0.25, -0.2) is 4.79 Å². The molecule has 0 aliphatic rings. The van der Waals surface area contributed by atoms with E-state index in [-0.39, 0.29) is 0 Å². The van der Waals surface area contributed by atoms with Crippen LogP contribution in [0.15, 0.2) is 22.7 Å². The molecule has 0 heterocycles. The Morgan fingerprint density at radius 1 is 1.54 bits per heavy atom. The minimum atomic E-state index is -1.45. The number of aryl methyl sites for hydroxylation is 1. The highest BCUT2D eigenvalue weighted by Gasteiger charge is 2.15. The number of carboxylic acid groups (broad SMARTS) is 1. The molecule has 0 bridgehead atoms. The molecule has 0 aliphatic heterocycles. The molecule has 4 heteroatoms. The number of carbonyl (C=O) groups is 1. The van der Waals surface area contributed by atoms with Gasteiger partial charge in [-0.15, -0.1) is 0 Å². The lowest BCUT2D eigenvalue weighted by Crippen LogP contribution is -2.10. The highest BCUT2D eigenvalue weighted by atomic mass is 79.9. The Bertz CT molecular complexity index is 336. The predicted molar refractivity (Wildman–Crippen MR) is 51.5 cm³/mol. The topological polar surface area (TPSA) is 57.5 Å². The quantitative estimate of drug-likeness (QED) is 0.836. The van der Waals surface area contributed by atoms with Gasteiger partial charge in [0, 0.05) is 4.47 Å². The molecule has 0 spiro atoms. The summed E-state index contributed by atoms with van der Waals surface area (Å²) in [6.07, 6.45) is -1.45. The summed E-state index contributed by atoms with van der Waals surface area (Å²) < 4.78 is 0.797. The van der Waals surface area contributed by atoms with E-state index in [0.29, 0.717) is 5.56 Å². The molecule has 0 amide bonds. The van der Waals surface area contributed by atoms with Crippen molar-refractivity contribution in [2.75, 3.05) is 0 Å². The van der Waals surface area contributed by atoms with Crippen LogP contribution in [0.3, 0.4) is 0 Å². The van der Waals surface area contributed by atoms with E-state index in [4.69, 9.17) is 5.11 Å². The molecule has 2 N–H and O–H groups in total. The van der Waals surface area contributed by atoms with Crippen molar-refractivity contribution in [1.82, 2.24) is 0 Å². The van der Waals surface area contributed by atoms with Gasteiger partial charge in [-0.1, -0.05) is 28.1 Å². The lowest BCUT2D eigenvalue weighted by Gasteiger charge is -2.07. The molecule has 0 saturated carbocycles. The highest BCUT2D eigenvalue weighted by molar-refractivity contribution is 9.10. The van der Waals surface area contributed by atoms with E-state index in [1.165, 1.54) is 0 Å². The fourth-order valence-corrected chi connectivity index (χ4v) is 1.32. The van der Waals surface area contributed by atoms with Crippen LogP contribution in [0.4, 0.5) is 0 Å². The van der Waals surface area contributed by atoms with Gasteiger partial charge in [0.1, 0.15) is 0 Å². The predicted octanol–water partition coefficient (Wildman–Crippen LogP) is 1.88. The van der Waals surface area contributed by atoms with Crippen molar-refractivity contribution >= 4 is 21.9 Å². The molecule has 3 nitrogen and oxygen atoms in total. The number of rotatable bonds is 2. The Kier molecular flexibility index (Phi) is 3.06. The van der Waals surface area contributed by atoms with Crippen LogP contribution < -0.4 is 0 Å². The number of aliphatic hydroxyl groups is 1. The molecular formula is C9H9BrO3. The zero-order chi connectivity index (χ0) is 10.0. The molecule has 0 aliphatic carbocycles. The second kappa shape index (κ2) is 3.89. The SMILES string of the molecule is Cc1ccc(C(O)C(=O)O)cc1Br. The molecule has 70 valence electrons. The molecule has 13 heavy (non-hydrogen) atoms. The average molecular weight is 245 g/mol. The van der Waals surface area contributed by atoms with Gasteiger partial charge < -0.3 is 10.2 Å². The van der Waals surface area contributed by atoms with Gasteiger partial charge in [0.05, 0.1) is 0 Å². The van der Waals surface area contributed by atoms with Crippen LogP contribution in [-0.2, 0) is 4.79 Å². The standard InChI is InChI=1S/C9H9BrO3/c1-5-2-3-6(4-7(5)10)8(11)9(12)13/h2-4,8,11H,1H3,(H,12,13). The zero-order valence-electron chi connectivity index (χ0n) is 6.99. The lowest BCUT2D eigenvalue weighted by molar-refractivity contribution is -0.146.